The van der Waals surface area contributed by atoms with Crippen molar-refractivity contribution in [3.63, 3.8) is 0 Å². The van der Waals surface area contributed by atoms with Crippen LogP contribution in [0.1, 0.15) is 30.4 Å². The van der Waals surface area contributed by atoms with Crippen molar-refractivity contribution in [3.8, 4) is 17.2 Å². The van der Waals surface area contributed by atoms with Crippen LogP contribution in [0, 0.1) is 0 Å². The lowest BCUT2D eigenvalue weighted by Gasteiger charge is -2.27. The molecule has 7 heteroatoms. The molecule has 164 valence electrons. The number of benzene rings is 2. The SMILES string of the molecule is CN=C(NCCc1ccc(OC)c(OC)c1)NCc1ccccc1OC1CCC1.I. The summed E-state index contributed by atoms with van der Waals surface area (Å²) in [4.78, 5) is 4.32. The predicted octanol–water partition coefficient (Wildman–Crippen LogP) is 4.16. The molecule has 2 aromatic rings. The Labute approximate surface area is 196 Å². The molecule has 0 spiro atoms. The standard InChI is InChI=1S/C23H31N3O3.HI/c1-24-23(25-14-13-17-11-12-21(27-2)22(15-17)28-3)26-16-18-7-4-5-10-20(18)29-19-8-6-9-19;/h4-5,7,10-12,15,19H,6,8-9,13-14,16H2,1-3H3,(H2,24,25,26);1H. The molecule has 0 unspecified atom stereocenters. The first-order valence-electron chi connectivity index (χ1n) is 10.1. The molecule has 1 fully saturated rings. The van der Waals surface area contributed by atoms with Crippen molar-refractivity contribution in [1.29, 1.82) is 0 Å². The maximum absolute atomic E-state index is 6.10. The molecule has 2 aromatic carbocycles. The van der Waals surface area contributed by atoms with E-state index < -0.39 is 0 Å². The summed E-state index contributed by atoms with van der Waals surface area (Å²) < 4.78 is 16.8. The summed E-state index contributed by atoms with van der Waals surface area (Å²) in [7, 11) is 5.07. The highest BCUT2D eigenvalue weighted by Crippen LogP contribution is 2.28. The largest absolute Gasteiger partial charge is 0.493 e. The van der Waals surface area contributed by atoms with Gasteiger partial charge < -0.3 is 24.8 Å². The van der Waals surface area contributed by atoms with Crippen molar-refractivity contribution >= 4 is 29.9 Å². The lowest BCUT2D eigenvalue weighted by Crippen LogP contribution is -2.38. The minimum Gasteiger partial charge on any atom is -0.493 e. The van der Waals surface area contributed by atoms with E-state index in [2.05, 4.69) is 21.7 Å². The Kier molecular flexibility index (Phi) is 10.1. The van der Waals surface area contributed by atoms with Crippen molar-refractivity contribution < 1.29 is 14.2 Å². The molecule has 0 bridgehead atoms. The number of halogens is 1. The number of hydrogen-bond donors (Lipinski definition) is 2. The molecule has 0 heterocycles. The normalized spacial score (nSPS) is 13.6. The zero-order valence-electron chi connectivity index (χ0n) is 17.9. The van der Waals surface area contributed by atoms with E-state index in [1.165, 1.54) is 12.0 Å². The molecule has 0 amide bonds. The number of methoxy groups -OCH3 is 2. The van der Waals surface area contributed by atoms with E-state index in [1.807, 2.05) is 36.4 Å². The summed E-state index contributed by atoms with van der Waals surface area (Å²) in [5, 5.41) is 6.74. The van der Waals surface area contributed by atoms with Crippen LogP contribution in [0.2, 0.25) is 0 Å². The fourth-order valence-electron chi connectivity index (χ4n) is 3.19. The maximum atomic E-state index is 6.10. The topological polar surface area (TPSA) is 64.1 Å². The molecule has 1 saturated carbocycles. The molecule has 0 atom stereocenters. The number of ether oxygens (including phenoxy) is 3. The van der Waals surface area contributed by atoms with E-state index in [1.54, 1.807) is 21.3 Å². The summed E-state index contributed by atoms with van der Waals surface area (Å²) >= 11 is 0. The van der Waals surface area contributed by atoms with Crippen LogP contribution in [0.4, 0.5) is 0 Å². The van der Waals surface area contributed by atoms with E-state index >= 15 is 0 Å². The van der Waals surface area contributed by atoms with Gasteiger partial charge in [0.25, 0.3) is 0 Å². The first kappa shape index (κ1) is 24.1. The van der Waals surface area contributed by atoms with Gasteiger partial charge in [-0.15, -0.1) is 24.0 Å². The average Bonchev–Trinajstić information content (AvgIpc) is 2.73. The van der Waals surface area contributed by atoms with Gasteiger partial charge in [-0.1, -0.05) is 24.3 Å². The monoisotopic (exact) mass is 525 g/mol. The van der Waals surface area contributed by atoms with Gasteiger partial charge >= 0.3 is 0 Å². The molecular formula is C23H32IN3O3. The van der Waals surface area contributed by atoms with Crippen LogP contribution in [-0.4, -0.2) is 39.9 Å². The van der Waals surface area contributed by atoms with Crippen LogP contribution in [0.3, 0.4) is 0 Å². The smallest absolute Gasteiger partial charge is 0.191 e. The third kappa shape index (κ3) is 6.68. The number of nitrogens with one attached hydrogen (secondary N) is 2. The zero-order valence-corrected chi connectivity index (χ0v) is 20.3. The van der Waals surface area contributed by atoms with Gasteiger partial charge in [0.2, 0.25) is 0 Å². The maximum Gasteiger partial charge on any atom is 0.191 e. The van der Waals surface area contributed by atoms with Gasteiger partial charge in [-0.3, -0.25) is 4.99 Å². The fraction of sp³-hybridized carbons (Fsp3) is 0.435. The van der Waals surface area contributed by atoms with Gasteiger partial charge in [0.15, 0.2) is 17.5 Å². The lowest BCUT2D eigenvalue weighted by molar-refractivity contribution is 0.119. The van der Waals surface area contributed by atoms with Crippen LogP contribution in [0.25, 0.3) is 0 Å². The minimum atomic E-state index is 0. The Balaban J connectivity index is 0.00000320. The highest BCUT2D eigenvalue weighted by molar-refractivity contribution is 14.0. The molecule has 0 aliphatic heterocycles. The predicted molar refractivity (Wildman–Crippen MR) is 132 cm³/mol. The second-order valence-corrected chi connectivity index (χ2v) is 7.07. The van der Waals surface area contributed by atoms with E-state index in [0.29, 0.717) is 12.6 Å². The molecule has 2 N–H and O–H groups in total. The average molecular weight is 525 g/mol. The summed E-state index contributed by atoms with van der Waals surface area (Å²) in [5.74, 6) is 3.22. The first-order valence-corrected chi connectivity index (χ1v) is 10.1. The van der Waals surface area contributed by atoms with Crippen LogP contribution in [-0.2, 0) is 13.0 Å². The van der Waals surface area contributed by atoms with Gasteiger partial charge in [-0.2, -0.15) is 0 Å². The molecule has 1 aliphatic carbocycles. The van der Waals surface area contributed by atoms with Crippen LogP contribution in [0.5, 0.6) is 17.2 Å². The first-order chi connectivity index (χ1) is 14.2. The second-order valence-electron chi connectivity index (χ2n) is 7.07. The number of nitrogens with zero attached hydrogens (tertiary/aromatic N) is 1. The number of rotatable bonds is 9. The molecule has 30 heavy (non-hydrogen) atoms. The number of hydrogen-bond acceptors (Lipinski definition) is 4. The van der Waals surface area contributed by atoms with Crippen molar-refractivity contribution in [2.24, 2.45) is 4.99 Å². The van der Waals surface area contributed by atoms with Crippen molar-refractivity contribution in [3.05, 3.63) is 53.6 Å². The van der Waals surface area contributed by atoms with Crippen LogP contribution in [0.15, 0.2) is 47.5 Å². The van der Waals surface area contributed by atoms with Gasteiger partial charge in [0.1, 0.15) is 5.75 Å². The van der Waals surface area contributed by atoms with Gasteiger partial charge in [0.05, 0.1) is 20.3 Å². The second kappa shape index (κ2) is 12.5. The Bertz CT molecular complexity index is 825. The van der Waals surface area contributed by atoms with Gasteiger partial charge in [-0.05, 0) is 49.4 Å². The van der Waals surface area contributed by atoms with E-state index in [0.717, 1.165) is 54.6 Å². The highest BCUT2D eigenvalue weighted by Gasteiger charge is 2.20. The number of para-hydroxylation sites is 1. The van der Waals surface area contributed by atoms with E-state index in [9.17, 15) is 0 Å². The van der Waals surface area contributed by atoms with Gasteiger partial charge in [0, 0.05) is 25.7 Å². The highest BCUT2D eigenvalue weighted by atomic mass is 127. The molecule has 0 aromatic heterocycles. The molecule has 0 radical (unpaired) electrons. The molecule has 6 nitrogen and oxygen atoms in total. The summed E-state index contributed by atoms with van der Waals surface area (Å²) in [6, 6.07) is 14.2. The van der Waals surface area contributed by atoms with E-state index in [4.69, 9.17) is 14.2 Å². The lowest BCUT2D eigenvalue weighted by atomic mass is 9.96. The molecule has 0 saturated heterocycles. The molecule has 1 aliphatic rings. The molecule has 3 rings (SSSR count). The van der Waals surface area contributed by atoms with E-state index in [-0.39, 0.29) is 24.0 Å². The Hall–Kier alpha value is -2.16. The summed E-state index contributed by atoms with van der Waals surface area (Å²) in [5.41, 5.74) is 2.31. The summed E-state index contributed by atoms with van der Waals surface area (Å²) in [6.07, 6.45) is 4.79. The third-order valence-electron chi connectivity index (χ3n) is 5.14. The quantitative estimate of drug-likeness (QED) is 0.293. The van der Waals surface area contributed by atoms with Crippen LogP contribution >= 0.6 is 24.0 Å². The van der Waals surface area contributed by atoms with Crippen molar-refractivity contribution in [1.82, 2.24) is 10.6 Å². The Morgan fingerprint density at radius 2 is 1.77 bits per heavy atom. The van der Waals surface area contributed by atoms with Crippen molar-refractivity contribution in [2.75, 3.05) is 27.8 Å². The van der Waals surface area contributed by atoms with Crippen LogP contribution < -0.4 is 24.8 Å². The zero-order chi connectivity index (χ0) is 20.5. The third-order valence-corrected chi connectivity index (χ3v) is 5.14. The summed E-state index contributed by atoms with van der Waals surface area (Å²) in [6.45, 7) is 1.42. The number of guanidine groups is 1. The molecular weight excluding hydrogens is 493 g/mol. The Morgan fingerprint density at radius 1 is 1.00 bits per heavy atom. The van der Waals surface area contributed by atoms with Crippen molar-refractivity contribution in [2.45, 2.75) is 38.3 Å². The fourth-order valence-corrected chi connectivity index (χ4v) is 3.19. The van der Waals surface area contributed by atoms with Gasteiger partial charge in [-0.25, -0.2) is 0 Å². The Morgan fingerprint density at radius 3 is 2.43 bits per heavy atom. The number of aliphatic imine (C=N–C) groups is 1. The minimum absolute atomic E-state index is 0.